The number of carbonyl (C=O) groups is 2. The summed E-state index contributed by atoms with van der Waals surface area (Å²) in [6.07, 6.45) is 3.53. The van der Waals surface area contributed by atoms with Crippen molar-refractivity contribution in [3.8, 4) is 10.6 Å². The van der Waals surface area contributed by atoms with Gasteiger partial charge in [-0.15, -0.1) is 22.7 Å². The zero-order chi connectivity index (χ0) is 16.7. The Labute approximate surface area is 152 Å². The average Bonchev–Trinajstić information content (AvgIpc) is 2.97. The minimum atomic E-state index is -0.360. The first-order chi connectivity index (χ1) is 11.6. The first-order valence-corrected chi connectivity index (χ1v) is 10.0. The molecule has 2 aliphatic rings. The monoisotopic (exact) mass is 381 g/mol. The van der Waals surface area contributed by atoms with Gasteiger partial charge in [-0.05, 0) is 37.8 Å². The zero-order valence-corrected chi connectivity index (χ0v) is 15.2. The van der Waals surface area contributed by atoms with E-state index in [4.69, 9.17) is 11.6 Å². The second kappa shape index (κ2) is 6.46. The lowest BCUT2D eigenvalue weighted by molar-refractivity contribution is -0.137. The lowest BCUT2D eigenvalue weighted by Gasteiger charge is -2.23. The summed E-state index contributed by atoms with van der Waals surface area (Å²) >= 11 is 8.79. The van der Waals surface area contributed by atoms with Crippen LogP contribution in [0.4, 0.5) is 5.13 Å². The van der Waals surface area contributed by atoms with Crippen molar-refractivity contribution >= 4 is 51.2 Å². The fourth-order valence-corrected chi connectivity index (χ4v) is 4.74. The summed E-state index contributed by atoms with van der Waals surface area (Å²) in [7, 11) is 0. The molecule has 1 saturated carbocycles. The van der Waals surface area contributed by atoms with Crippen LogP contribution >= 0.6 is 34.3 Å². The fraction of sp³-hybridized carbons (Fsp3) is 0.438. The molecule has 2 fully saturated rings. The third kappa shape index (κ3) is 3.20. The van der Waals surface area contributed by atoms with Crippen LogP contribution in [0.2, 0.25) is 4.34 Å². The molecule has 2 amide bonds. The minimum absolute atomic E-state index is 0.133. The van der Waals surface area contributed by atoms with Crippen molar-refractivity contribution in [2.24, 2.45) is 5.92 Å². The molecule has 1 N–H and O–H groups in total. The van der Waals surface area contributed by atoms with Gasteiger partial charge in [0.05, 0.1) is 14.9 Å². The Morgan fingerprint density at radius 3 is 2.83 bits per heavy atom. The molecule has 1 aliphatic carbocycles. The molecule has 0 bridgehead atoms. The van der Waals surface area contributed by atoms with E-state index in [1.807, 2.05) is 17.5 Å². The quantitative estimate of drug-likeness (QED) is 0.874. The van der Waals surface area contributed by atoms with E-state index in [1.54, 1.807) is 4.90 Å². The molecule has 5 nitrogen and oxygen atoms in total. The van der Waals surface area contributed by atoms with E-state index in [2.05, 4.69) is 10.3 Å². The molecular weight excluding hydrogens is 366 g/mol. The van der Waals surface area contributed by atoms with Gasteiger partial charge in [-0.25, -0.2) is 4.98 Å². The molecule has 8 heteroatoms. The van der Waals surface area contributed by atoms with Crippen molar-refractivity contribution in [3.05, 3.63) is 21.8 Å². The lowest BCUT2D eigenvalue weighted by atomic mass is 10.2. The van der Waals surface area contributed by atoms with E-state index in [9.17, 15) is 9.59 Å². The molecule has 4 rings (SSSR count). The number of hydrogen-bond donors (Lipinski definition) is 1. The number of carbonyl (C=O) groups excluding carboxylic acids is 2. The van der Waals surface area contributed by atoms with Crippen molar-refractivity contribution < 1.29 is 9.59 Å². The van der Waals surface area contributed by atoms with E-state index in [-0.39, 0.29) is 23.8 Å². The number of amides is 2. The van der Waals surface area contributed by atoms with E-state index < -0.39 is 0 Å². The maximum Gasteiger partial charge on any atom is 0.248 e. The van der Waals surface area contributed by atoms with Gasteiger partial charge in [0.15, 0.2) is 5.13 Å². The van der Waals surface area contributed by atoms with E-state index in [0.29, 0.717) is 16.0 Å². The largest absolute Gasteiger partial charge is 0.330 e. The molecule has 0 radical (unpaired) electrons. The number of nitrogens with zero attached hydrogens (tertiary/aromatic N) is 2. The Morgan fingerprint density at radius 1 is 1.29 bits per heavy atom. The van der Waals surface area contributed by atoms with Crippen LogP contribution in [-0.2, 0) is 9.59 Å². The summed E-state index contributed by atoms with van der Waals surface area (Å²) in [6, 6.07) is 3.39. The summed E-state index contributed by atoms with van der Waals surface area (Å²) in [6.45, 7) is 0.685. The maximum atomic E-state index is 12.6. The smallest absolute Gasteiger partial charge is 0.248 e. The van der Waals surface area contributed by atoms with Crippen LogP contribution in [0, 0.1) is 5.92 Å². The number of nitrogens with one attached hydrogen (secondary N) is 1. The van der Waals surface area contributed by atoms with Crippen molar-refractivity contribution in [3.63, 3.8) is 0 Å². The van der Waals surface area contributed by atoms with E-state index >= 15 is 0 Å². The first-order valence-electron chi connectivity index (χ1n) is 7.94. The molecule has 0 spiro atoms. The van der Waals surface area contributed by atoms with Crippen molar-refractivity contribution in [2.75, 3.05) is 11.9 Å². The highest BCUT2D eigenvalue weighted by Crippen LogP contribution is 2.35. The molecule has 126 valence electrons. The molecule has 0 unspecified atom stereocenters. The van der Waals surface area contributed by atoms with Crippen LogP contribution in [0.1, 0.15) is 25.7 Å². The van der Waals surface area contributed by atoms with Crippen LogP contribution < -0.4 is 5.32 Å². The van der Waals surface area contributed by atoms with Gasteiger partial charge in [0, 0.05) is 17.8 Å². The molecule has 1 atom stereocenters. The van der Waals surface area contributed by atoms with Crippen LogP contribution in [0.3, 0.4) is 0 Å². The van der Waals surface area contributed by atoms with Gasteiger partial charge in [0.1, 0.15) is 6.04 Å². The number of thiophene rings is 1. The summed E-state index contributed by atoms with van der Waals surface area (Å²) < 4.78 is 0.712. The Morgan fingerprint density at radius 2 is 2.12 bits per heavy atom. The molecule has 1 saturated heterocycles. The van der Waals surface area contributed by atoms with Crippen molar-refractivity contribution in [1.82, 2.24) is 9.88 Å². The van der Waals surface area contributed by atoms with Gasteiger partial charge in [0.2, 0.25) is 11.8 Å². The summed E-state index contributed by atoms with van der Waals surface area (Å²) in [5, 5.41) is 5.33. The van der Waals surface area contributed by atoms with Gasteiger partial charge < -0.3 is 10.2 Å². The van der Waals surface area contributed by atoms with Crippen LogP contribution in [0.15, 0.2) is 17.5 Å². The normalized spacial score (nSPS) is 20.4. The zero-order valence-electron chi connectivity index (χ0n) is 12.8. The molecule has 2 aromatic rings. The lowest BCUT2D eigenvalue weighted by Crippen LogP contribution is -2.43. The second-order valence-corrected chi connectivity index (χ2v) is 8.67. The number of halogens is 1. The van der Waals surface area contributed by atoms with E-state index in [0.717, 1.165) is 36.3 Å². The number of likely N-dealkylation sites (tertiary alicyclic amines) is 1. The maximum absolute atomic E-state index is 12.6. The predicted molar refractivity (Wildman–Crippen MR) is 96.5 cm³/mol. The third-order valence-electron chi connectivity index (χ3n) is 4.33. The SMILES string of the molecule is O=C(Nc1nc(-c2ccc(Cl)s2)cs1)[C@H]1CCCN1C(=O)C1CC1. The van der Waals surface area contributed by atoms with Gasteiger partial charge >= 0.3 is 0 Å². The number of rotatable bonds is 4. The number of thiazole rings is 1. The number of anilines is 1. The second-order valence-electron chi connectivity index (χ2n) is 6.09. The van der Waals surface area contributed by atoms with Gasteiger partial charge in [-0.1, -0.05) is 11.6 Å². The van der Waals surface area contributed by atoms with Crippen LogP contribution in [0.25, 0.3) is 10.6 Å². The topological polar surface area (TPSA) is 62.3 Å². The minimum Gasteiger partial charge on any atom is -0.330 e. The Kier molecular flexibility index (Phi) is 4.32. The summed E-state index contributed by atoms with van der Waals surface area (Å²) in [5.74, 6) is 0.153. The molecule has 1 aliphatic heterocycles. The molecule has 3 heterocycles. The predicted octanol–water partition coefficient (Wildman–Crippen LogP) is 3.86. The summed E-state index contributed by atoms with van der Waals surface area (Å²) in [5.41, 5.74) is 0.810. The highest BCUT2D eigenvalue weighted by molar-refractivity contribution is 7.20. The number of aromatic nitrogens is 1. The van der Waals surface area contributed by atoms with Gasteiger partial charge in [-0.3, -0.25) is 9.59 Å². The van der Waals surface area contributed by atoms with Crippen LogP contribution in [-0.4, -0.2) is 34.3 Å². The first kappa shape index (κ1) is 16.1. The van der Waals surface area contributed by atoms with Gasteiger partial charge in [-0.2, -0.15) is 0 Å². The molecule has 24 heavy (non-hydrogen) atoms. The average molecular weight is 382 g/mol. The highest BCUT2D eigenvalue weighted by Gasteiger charge is 2.40. The molecule has 2 aromatic heterocycles. The van der Waals surface area contributed by atoms with Crippen molar-refractivity contribution in [1.29, 1.82) is 0 Å². The Hall–Kier alpha value is -1.44. The Bertz CT molecular complexity index is 784. The number of hydrogen-bond acceptors (Lipinski definition) is 5. The highest BCUT2D eigenvalue weighted by atomic mass is 35.5. The molecular formula is C16H16ClN3O2S2. The van der Waals surface area contributed by atoms with Crippen LogP contribution in [0.5, 0.6) is 0 Å². The molecule has 0 aromatic carbocycles. The Balaban J connectivity index is 1.44. The van der Waals surface area contributed by atoms with Crippen molar-refractivity contribution in [2.45, 2.75) is 31.7 Å². The van der Waals surface area contributed by atoms with Gasteiger partial charge in [0.25, 0.3) is 0 Å². The van der Waals surface area contributed by atoms with E-state index in [1.165, 1.54) is 22.7 Å². The fourth-order valence-electron chi connectivity index (χ4n) is 2.95. The summed E-state index contributed by atoms with van der Waals surface area (Å²) in [4.78, 5) is 32.0. The third-order valence-corrected chi connectivity index (χ3v) is 6.34. The standard InChI is InChI=1S/C16H16ClN3O2S2/c17-13-6-5-12(24-13)10-8-23-16(18-10)19-14(21)11-2-1-7-20(11)15(22)9-3-4-9/h5-6,8-9,11H,1-4,7H2,(H,18,19,21)/t11-/m1/s1.